The zero-order valence-electron chi connectivity index (χ0n) is 6.56. The summed E-state index contributed by atoms with van der Waals surface area (Å²) in [4.78, 5) is 4.01. The van der Waals surface area contributed by atoms with Crippen molar-refractivity contribution in [2.45, 2.75) is 0 Å². The van der Waals surface area contributed by atoms with Crippen molar-refractivity contribution in [2.24, 2.45) is 0 Å². The molecule has 2 heterocycles. The molecule has 0 aromatic carbocycles. The first kappa shape index (κ1) is 7.15. The van der Waals surface area contributed by atoms with Crippen molar-refractivity contribution in [3.8, 4) is 5.88 Å². The van der Waals surface area contributed by atoms with Crippen molar-refractivity contribution in [3.63, 3.8) is 0 Å². The van der Waals surface area contributed by atoms with Gasteiger partial charge < -0.3 is 4.74 Å². The number of ether oxygens (including phenoxy) is 1. The molecule has 4 nitrogen and oxygen atoms in total. The van der Waals surface area contributed by atoms with Crippen LogP contribution in [0.2, 0.25) is 0 Å². The first-order chi connectivity index (χ1) is 5.81. The van der Waals surface area contributed by atoms with Crippen LogP contribution in [-0.4, -0.2) is 29.6 Å². The molecule has 0 unspecified atom stereocenters. The van der Waals surface area contributed by atoms with Gasteiger partial charge in [-0.05, 0) is 6.07 Å². The second-order valence-corrected chi connectivity index (χ2v) is 2.33. The minimum Gasteiger partial charge on any atom is -0.480 e. The van der Waals surface area contributed by atoms with Crippen molar-refractivity contribution >= 4 is 19.1 Å². The molecular weight excluding hydrogens is 153 g/mol. The third-order valence-electron chi connectivity index (χ3n) is 1.57. The van der Waals surface area contributed by atoms with Crippen LogP contribution in [0.5, 0.6) is 5.88 Å². The molecule has 0 spiro atoms. The number of hydrogen-bond donors (Lipinski definition) is 0. The Balaban J connectivity index is 2.71. The van der Waals surface area contributed by atoms with Crippen molar-refractivity contribution in [1.29, 1.82) is 0 Å². The Labute approximate surface area is 70.6 Å². The minimum absolute atomic E-state index is 0.504. The van der Waals surface area contributed by atoms with Crippen LogP contribution in [0, 0.1) is 0 Å². The van der Waals surface area contributed by atoms with Crippen LogP contribution in [0.25, 0.3) is 5.65 Å². The van der Waals surface area contributed by atoms with Crippen LogP contribution in [0.1, 0.15) is 0 Å². The normalized spacial score (nSPS) is 10.4. The lowest BCUT2D eigenvalue weighted by Crippen LogP contribution is -2.12. The minimum atomic E-state index is 0.504. The molecule has 0 N–H and O–H groups in total. The summed E-state index contributed by atoms with van der Waals surface area (Å²) < 4.78 is 6.46. The van der Waals surface area contributed by atoms with Crippen LogP contribution in [0.15, 0.2) is 18.3 Å². The molecule has 0 amide bonds. The first-order valence-electron chi connectivity index (χ1n) is 3.45. The van der Waals surface area contributed by atoms with Crippen molar-refractivity contribution in [3.05, 3.63) is 18.3 Å². The average molecular weight is 159 g/mol. The summed E-state index contributed by atoms with van der Waals surface area (Å²) >= 11 is 0. The van der Waals surface area contributed by atoms with Gasteiger partial charge in [0.2, 0.25) is 5.88 Å². The number of methoxy groups -OCH3 is 1. The van der Waals surface area contributed by atoms with Gasteiger partial charge in [0, 0.05) is 17.9 Å². The summed E-state index contributed by atoms with van der Waals surface area (Å²) in [5.41, 5.74) is 1.22. The van der Waals surface area contributed by atoms with Gasteiger partial charge >= 0.3 is 0 Å². The smallest absolute Gasteiger partial charge is 0.231 e. The van der Waals surface area contributed by atoms with Gasteiger partial charge in [0.25, 0.3) is 0 Å². The lowest BCUT2D eigenvalue weighted by molar-refractivity contribution is 0.390. The van der Waals surface area contributed by atoms with E-state index in [1.165, 1.54) is 4.52 Å². The summed E-state index contributed by atoms with van der Waals surface area (Å²) in [6.07, 6.45) is 1.56. The van der Waals surface area contributed by atoms with E-state index in [-0.39, 0.29) is 0 Å². The summed E-state index contributed by atoms with van der Waals surface area (Å²) in [6, 6.07) is 3.53. The first-order valence-corrected chi connectivity index (χ1v) is 3.45. The molecule has 0 aliphatic heterocycles. The highest BCUT2D eigenvalue weighted by Gasteiger charge is 2.00. The van der Waals surface area contributed by atoms with Crippen LogP contribution < -0.4 is 10.3 Å². The quantitative estimate of drug-likeness (QED) is 0.528. The Bertz CT molecular complexity index is 412. The number of aromatic nitrogens is 3. The average Bonchev–Trinajstić information content (AvgIpc) is 2.47. The Morgan fingerprint density at radius 2 is 2.33 bits per heavy atom. The van der Waals surface area contributed by atoms with Gasteiger partial charge in [-0.1, -0.05) is 0 Å². The molecule has 58 valence electrons. The molecule has 2 aromatic rings. The van der Waals surface area contributed by atoms with Crippen LogP contribution in [0.4, 0.5) is 0 Å². The summed E-state index contributed by atoms with van der Waals surface area (Å²) in [6.45, 7) is 0. The van der Waals surface area contributed by atoms with E-state index in [9.17, 15) is 0 Å². The highest BCUT2D eigenvalue weighted by atomic mass is 16.5. The number of hydrogen-bond acceptors (Lipinski definition) is 3. The zero-order valence-corrected chi connectivity index (χ0v) is 6.56. The Morgan fingerprint density at radius 3 is 3.08 bits per heavy atom. The Morgan fingerprint density at radius 1 is 1.50 bits per heavy atom. The fraction of sp³-hybridized carbons (Fsp3) is 0.143. The second-order valence-electron chi connectivity index (χ2n) is 2.33. The van der Waals surface area contributed by atoms with E-state index >= 15 is 0 Å². The molecule has 0 atom stereocenters. The fourth-order valence-electron chi connectivity index (χ4n) is 0.983. The molecule has 0 saturated heterocycles. The van der Waals surface area contributed by atoms with Crippen molar-refractivity contribution in [1.82, 2.24) is 14.6 Å². The Hall–Kier alpha value is -1.52. The van der Waals surface area contributed by atoms with E-state index in [1.54, 1.807) is 25.4 Å². The molecule has 2 rings (SSSR count). The lowest BCUT2D eigenvalue weighted by atomic mass is 10.1. The van der Waals surface area contributed by atoms with E-state index in [1.807, 2.05) is 0 Å². The highest BCUT2D eigenvalue weighted by molar-refractivity contribution is 6.30. The molecule has 0 aliphatic carbocycles. The number of fused-ring (bicyclic) bond motifs is 1. The van der Waals surface area contributed by atoms with Gasteiger partial charge in [-0.25, -0.2) is 9.50 Å². The lowest BCUT2D eigenvalue weighted by Gasteiger charge is -1.99. The third kappa shape index (κ3) is 0.940. The van der Waals surface area contributed by atoms with E-state index in [2.05, 4.69) is 10.1 Å². The Kier molecular flexibility index (Phi) is 1.50. The molecule has 12 heavy (non-hydrogen) atoms. The predicted octanol–water partition coefficient (Wildman–Crippen LogP) is -0.468. The maximum Gasteiger partial charge on any atom is 0.231 e. The van der Waals surface area contributed by atoms with E-state index in [4.69, 9.17) is 12.6 Å². The van der Waals surface area contributed by atoms with Gasteiger partial charge in [-0.3, -0.25) is 0 Å². The topological polar surface area (TPSA) is 39.4 Å². The fourth-order valence-corrected chi connectivity index (χ4v) is 0.983. The van der Waals surface area contributed by atoms with Gasteiger partial charge in [0.1, 0.15) is 7.85 Å². The van der Waals surface area contributed by atoms with Gasteiger partial charge in [0.05, 0.1) is 7.11 Å². The third-order valence-corrected chi connectivity index (χ3v) is 1.57. The van der Waals surface area contributed by atoms with Gasteiger partial charge in [-0.2, -0.15) is 0 Å². The van der Waals surface area contributed by atoms with Gasteiger partial charge in [0.15, 0.2) is 5.65 Å². The molecule has 5 heteroatoms. The molecule has 0 saturated carbocycles. The summed E-state index contributed by atoms with van der Waals surface area (Å²) in [5, 5.41) is 4.06. The predicted molar refractivity (Wildman–Crippen MR) is 44.9 cm³/mol. The van der Waals surface area contributed by atoms with E-state index < -0.39 is 0 Å². The largest absolute Gasteiger partial charge is 0.480 e. The summed E-state index contributed by atoms with van der Waals surface area (Å²) in [5.74, 6) is 0.521. The number of rotatable bonds is 1. The van der Waals surface area contributed by atoms with E-state index in [0.29, 0.717) is 17.1 Å². The molecule has 0 aliphatic rings. The van der Waals surface area contributed by atoms with Gasteiger partial charge in [-0.15, -0.1) is 5.10 Å². The summed E-state index contributed by atoms with van der Waals surface area (Å²) in [7, 11) is 7.14. The zero-order chi connectivity index (χ0) is 8.55. The molecular formula is C7H6BN3O. The standard InChI is InChI=1S/C7H6BN3O/c1-12-7-3-2-6-9-4-5(8)11(6)10-7/h2-4H,1H3. The monoisotopic (exact) mass is 159 g/mol. The van der Waals surface area contributed by atoms with Crippen LogP contribution >= 0.6 is 0 Å². The highest BCUT2D eigenvalue weighted by Crippen LogP contribution is 2.04. The van der Waals surface area contributed by atoms with Crippen molar-refractivity contribution < 1.29 is 4.74 Å². The van der Waals surface area contributed by atoms with Crippen molar-refractivity contribution in [2.75, 3.05) is 7.11 Å². The SMILES string of the molecule is [B]c1cnc2ccc(OC)nn12. The molecule has 2 aromatic heterocycles. The molecule has 0 bridgehead atoms. The van der Waals surface area contributed by atoms with Crippen LogP contribution in [0.3, 0.4) is 0 Å². The van der Waals surface area contributed by atoms with E-state index in [0.717, 1.165) is 0 Å². The maximum absolute atomic E-state index is 5.58. The second kappa shape index (κ2) is 2.51. The molecule has 2 radical (unpaired) electrons. The number of nitrogens with zero attached hydrogens (tertiary/aromatic N) is 3. The molecule has 0 fully saturated rings. The number of imidazole rings is 1. The maximum atomic E-state index is 5.58. The van der Waals surface area contributed by atoms with Crippen LogP contribution in [-0.2, 0) is 0 Å².